The number of oxazole rings is 1. The van der Waals surface area contributed by atoms with Crippen LogP contribution >= 0.6 is 0 Å². The second-order valence-electron chi connectivity index (χ2n) is 8.05. The Morgan fingerprint density at radius 2 is 1.85 bits per heavy atom. The molecule has 0 aliphatic heterocycles. The third kappa shape index (κ3) is 4.57. The van der Waals surface area contributed by atoms with Gasteiger partial charge in [0.2, 0.25) is 5.95 Å². The van der Waals surface area contributed by atoms with E-state index >= 15 is 4.39 Å². The lowest BCUT2D eigenvalue weighted by molar-refractivity contribution is 0.398. The Balaban J connectivity index is 1.78. The topological polar surface area (TPSA) is 97.4 Å². The van der Waals surface area contributed by atoms with Crippen LogP contribution in [0.3, 0.4) is 0 Å². The average Bonchev–Trinajstić information content (AvgIpc) is 3.07. The first kappa shape index (κ1) is 23.6. The van der Waals surface area contributed by atoms with Crippen LogP contribution in [0.15, 0.2) is 68.7 Å². The maximum Gasteiger partial charge on any atom is 0.420 e. The molecule has 11 heteroatoms. The summed E-state index contributed by atoms with van der Waals surface area (Å²) >= 11 is 0. The van der Waals surface area contributed by atoms with E-state index < -0.39 is 38.5 Å². The van der Waals surface area contributed by atoms with Gasteiger partial charge in [-0.1, -0.05) is 30.3 Å². The van der Waals surface area contributed by atoms with Crippen molar-refractivity contribution in [3.8, 4) is 0 Å². The molecule has 0 fully saturated rings. The summed E-state index contributed by atoms with van der Waals surface area (Å²) in [6.45, 7) is 2.41. The number of hydrogen-bond acceptors (Lipinski definition) is 6. The van der Waals surface area contributed by atoms with Gasteiger partial charge in [0.05, 0.1) is 11.6 Å². The highest BCUT2D eigenvalue weighted by atomic mass is 32.2. The number of fused-ring (bicyclic) bond motifs is 1. The van der Waals surface area contributed by atoms with E-state index in [1.165, 1.54) is 16.7 Å². The highest BCUT2D eigenvalue weighted by Gasteiger charge is 2.25. The lowest BCUT2D eigenvalue weighted by Crippen LogP contribution is -2.22. The van der Waals surface area contributed by atoms with Gasteiger partial charge in [-0.05, 0) is 44.3 Å². The number of anilines is 1. The van der Waals surface area contributed by atoms with Crippen molar-refractivity contribution >= 4 is 26.9 Å². The summed E-state index contributed by atoms with van der Waals surface area (Å²) in [6, 6.07) is 12.4. The molecular weight excluding hydrogens is 466 g/mol. The van der Waals surface area contributed by atoms with Crippen molar-refractivity contribution in [3.05, 3.63) is 88.0 Å². The third-order valence-corrected chi connectivity index (χ3v) is 6.66. The first-order valence-corrected chi connectivity index (χ1v) is 11.8. The van der Waals surface area contributed by atoms with E-state index in [0.717, 1.165) is 29.3 Å². The molecule has 0 bridgehead atoms. The highest BCUT2D eigenvalue weighted by Crippen LogP contribution is 2.29. The fraction of sp³-hybridized carbons (Fsp3) is 0.217. The van der Waals surface area contributed by atoms with Crippen molar-refractivity contribution in [2.24, 2.45) is 0 Å². The van der Waals surface area contributed by atoms with Crippen LogP contribution in [0.2, 0.25) is 0 Å². The van der Waals surface area contributed by atoms with Gasteiger partial charge in [0.15, 0.2) is 5.58 Å². The number of nitrogens with zero attached hydrogens (tertiary/aromatic N) is 3. The van der Waals surface area contributed by atoms with Crippen LogP contribution in [0.4, 0.5) is 14.6 Å². The molecule has 0 saturated heterocycles. The van der Waals surface area contributed by atoms with Gasteiger partial charge in [0.25, 0.3) is 10.0 Å². The number of halogens is 2. The predicted molar refractivity (Wildman–Crippen MR) is 123 cm³/mol. The summed E-state index contributed by atoms with van der Waals surface area (Å²) in [6.07, 6.45) is 0. The van der Waals surface area contributed by atoms with Gasteiger partial charge in [0.1, 0.15) is 16.5 Å². The molecule has 4 rings (SSSR count). The standard InChI is InChI=1S/C23H22F2N4O4S/c1-14(16-8-5-4-7-15(16)13-28(2)3)29-18-11-17(24)20(12-19(18)33-23(29)30)34(31,32)27-22-10-6-9-21(25)26-22/h4-12,14H,13H2,1-3H3,(H,26,27)/t14-/m1/s1. The molecule has 1 atom stereocenters. The highest BCUT2D eigenvalue weighted by molar-refractivity contribution is 7.92. The van der Waals surface area contributed by atoms with Gasteiger partial charge in [-0.3, -0.25) is 9.29 Å². The number of sulfonamides is 1. The average molecular weight is 489 g/mol. The summed E-state index contributed by atoms with van der Waals surface area (Å²) in [7, 11) is -0.635. The molecule has 34 heavy (non-hydrogen) atoms. The van der Waals surface area contributed by atoms with E-state index in [1.54, 1.807) is 6.92 Å². The Labute approximate surface area is 194 Å². The normalized spacial score (nSPS) is 12.9. The molecule has 1 N–H and O–H groups in total. The first-order valence-electron chi connectivity index (χ1n) is 10.3. The van der Waals surface area contributed by atoms with E-state index in [1.807, 2.05) is 48.0 Å². The molecule has 2 aromatic carbocycles. The molecule has 2 aromatic heterocycles. The van der Waals surface area contributed by atoms with Gasteiger partial charge in [-0.25, -0.2) is 22.6 Å². The van der Waals surface area contributed by atoms with Crippen LogP contribution in [0.1, 0.15) is 24.1 Å². The van der Waals surface area contributed by atoms with Crippen molar-refractivity contribution < 1.29 is 21.6 Å². The molecule has 8 nitrogen and oxygen atoms in total. The molecule has 2 heterocycles. The molecule has 0 aliphatic carbocycles. The zero-order valence-corrected chi connectivity index (χ0v) is 19.4. The summed E-state index contributed by atoms with van der Waals surface area (Å²) in [4.78, 5) is 17.4. The van der Waals surface area contributed by atoms with Crippen molar-refractivity contribution in [1.82, 2.24) is 14.5 Å². The molecule has 0 aliphatic rings. The summed E-state index contributed by atoms with van der Waals surface area (Å²) < 4.78 is 62.4. The molecule has 0 amide bonds. The minimum absolute atomic E-state index is 0.101. The minimum atomic E-state index is -4.48. The number of aromatic nitrogens is 2. The number of pyridine rings is 1. The zero-order valence-electron chi connectivity index (χ0n) is 18.6. The van der Waals surface area contributed by atoms with Crippen LogP contribution < -0.4 is 10.5 Å². The largest absolute Gasteiger partial charge is 0.420 e. The zero-order chi connectivity index (χ0) is 24.6. The van der Waals surface area contributed by atoms with E-state index in [0.29, 0.717) is 6.54 Å². The lowest BCUT2D eigenvalue weighted by Gasteiger charge is -2.19. The number of nitrogens with one attached hydrogen (secondary N) is 1. The number of benzene rings is 2. The van der Waals surface area contributed by atoms with Gasteiger partial charge in [0, 0.05) is 18.7 Å². The maximum absolute atomic E-state index is 15.0. The van der Waals surface area contributed by atoms with Crippen molar-refractivity contribution in [3.63, 3.8) is 0 Å². The minimum Gasteiger partial charge on any atom is -0.408 e. The van der Waals surface area contributed by atoms with Crippen LogP contribution in [-0.2, 0) is 16.6 Å². The third-order valence-electron chi connectivity index (χ3n) is 5.29. The van der Waals surface area contributed by atoms with Crippen LogP contribution in [-0.4, -0.2) is 37.0 Å². The first-order chi connectivity index (χ1) is 16.1. The number of rotatable bonds is 7. The quantitative estimate of drug-likeness (QED) is 0.398. The smallest absolute Gasteiger partial charge is 0.408 e. The van der Waals surface area contributed by atoms with E-state index in [9.17, 15) is 17.6 Å². The molecular formula is C23H22F2N4O4S. The molecule has 0 radical (unpaired) electrons. The molecule has 0 unspecified atom stereocenters. The van der Waals surface area contributed by atoms with Crippen LogP contribution in [0, 0.1) is 11.8 Å². The maximum atomic E-state index is 15.0. The van der Waals surface area contributed by atoms with E-state index in [2.05, 4.69) is 4.98 Å². The summed E-state index contributed by atoms with van der Waals surface area (Å²) in [5.41, 5.74) is 1.83. The monoisotopic (exact) mass is 488 g/mol. The fourth-order valence-electron chi connectivity index (χ4n) is 3.83. The van der Waals surface area contributed by atoms with Gasteiger partial charge < -0.3 is 9.32 Å². The predicted octanol–water partition coefficient (Wildman–Crippen LogP) is 3.74. The van der Waals surface area contributed by atoms with Crippen LogP contribution in [0.5, 0.6) is 0 Å². The van der Waals surface area contributed by atoms with Crippen molar-refractivity contribution in [2.75, 3.05) is 18.8 Å². The van der Waals surface area contributed by atoms with Gasteiger partial charge in [-0.15, -0.1) is 0 Å². The van der Waals surface area contributed by atoms with Crippen molar-refractivity contribution in [2.45, 2.75) is 24.4 Å². The Hall–Kier alpha value is -3.57. The SMILES string of the molecule is C[C@H](c1ccccc1CN(C)C)n1c(=O)oc2cc(S(=O)(=O)Nc3cccc(F)n3)c(F)cc21. The Morgan fingerprint density at radius 1 is 1.12 bits per heavy atom. The van der Waals surface area contributed by atoms with Gasteiger partial charge in [-0.2, -0.15) is 4.39 Å². The molecule has 0 spiro atoms. The molecule has 4 aromatic rings. The second-order valence-corrected chi connectivity index (χ2v) is 9.70. The summed E-state index contributed by atoms with van der Waals surface area (Å²) in [5.74, 6) is -3.07. The van der Waals surface area contributed by atoms with Crippen molar-refractivity contribution in [1.29, 1.82) is 0 Å². The number of hydrogen-bond donors (Lipinski definition) is 1. The summed E-state index contributed by atoms with van der Waals surface area (Å²) in [5, 5.41) is 0. The Kier molecular flexibility index (Phi) is 6.24. The Morgan fingerprint density at radius 3 is 2.56 bits per heavy atom. The second kappa shape index (κ2) is 8.99. The molecule has 178 valence electrons. The van der Waals surface area contributed by atoms with Crippen LogP contribution in [0.25, 0.3) is 11.1 Å². The Bertz CT molecular complexity index is 1530. The molecule has 0 saturated carbocycles. The lowest BCUT2D eigenvalue weighted by atomic mass is 10.0. The van der Waals surface area contributed by atoms with E-state index in [4.69, 9.17) is 4.42 Å². The van der Waals surface area contributed by atoms with Gasteiger partial charge >= 0.3 is 5.76 Å². The fourth-order valence-corrected chi connectivity index (χ4v) is 4.91. The van der Waals surface area contributed by atoms with E-state index in [-0.39, 0.29) is 16.9 Å².